The third kappa shape index (κ3) is 6.74. The van der Waals surface area contributed by atoms with Crippen molar-refractivity contribution < 1.29 is 28.2 Å². The average molecular weight is 585 g/mol. The molecule has 1 aliphatic heterocycles. The number of carbonyl (C=O) groups excluding carboxylic acids is 1. The molecule has 5 rings (SSSR count). The number of aromatic nitrogens is 1. The number of aryl methyl sites for hydroxylation is 2. The summed E-state index contributed by atoms with van der Waals surface area (Å²) in [5, 5.41) is 25.6. The molecular weight excluding hydrogens is 544 g/mol. The van der Waals surface area contributed by atoms with E-state index in [0.717, 1.165) is 41.3 Å². The standard InChI is InChI=1S/C29H38N4O4S.CH2O2/c1-4-29(12-13-29)30-18-26(34)23(15-20-9-7-6-8-10-20)31-28(35)22-16-24-27-21(11-14-38(36,37)32(24)3)19-33(5-2)25(27)17-22;2-1-3/h6-10,16-17,19,23,26,30,34H,4-5,11-15,18H2,1-3H3,(H,31,35);1H,(H,2,3)/t23-,26+;/m0./s1. The normalized spacial score (nSPS) is 18.0. The van der Waals surface area contributed by atoms with Crippen LogP contribution in [0.3, 0.4) is 0 Å². The van der Waals surface area contributed by atoms with Crippen LogP contribution in [0.1, 0.15) is 54.6 Å². The molecule has 0 bridgehead atoms. The number of hydrogen-bond donors (Lipinski definition) is 4. The zero-order valence-electron chi connectivity index (χ0n) is 23.8. The summed E-state index contributed by atoms with van der Waals surface area (Å²) >= 11 is 0. The van der Waals surface area contributed by atoms with Gasteiger partial charge in [0.25, 0.3) is 12.4 Å². The molecule has 2 heterocycles. The molecule has 10 nitrogen and oxygen atoms in total. The highest BCUT2D eigenvalue weighted by Gasteiger charge is 2.41. The van der Waals surface area contributed by atoms with Crippen LogP contribution in [0.4, 0.5) is 5.69 Å². The molecule has 1 amide bonds. The minimum Gasteiger partial charge on any atom is -0.483 e. The first-order valence-corrected chi connectivity index (χ1v) is 15.7. The van der Waals surface area contributed by atoms with Gasteiger partial charge >= 0.3 is 0 Å². The van der Waals surface area contributed by atoms with Crippen molar-refractivity contribution in [2.75, 3.05) is 23.7 Å². The van der Waals surface area contributed by atoms with E-state index in [1.807, 2.05) is 49.5 Å². The van der Waals surface area contributed by atoms with E-state index in [-0.39, 0.29) is 23.7 Å². The van der Waals surface area contributed by atoms with Crippen LogP contribution in [0.2, 0.25) is 0 Å². The molecule has 1 saturated carbocycles. The van der Waals surface area contributed by atoms with Gasteiger partial charge in [0.05, 0.1) is 29.1 Å². The van der Waals surface area contributed by atoms with Gasteiger partial charge in [-0.2, -0.15) is 0 Å². The van der Waals surface area contributed by atoms with Crippen LogP contribution in [-0.2, 0) is 34.2 Å². The number of aliphatic hydroxyl groups excluding tert-OH is 1. The van der Waals surface area contributed by atoms with Crippen LogP contribution >= 0.6 is 0 Å². The van der Waals surface area contributed by atoms with Gasteiger partial charge in [-0.25, -0.2) is 8.42 Å². The number of amides is 1. The van der Waals surface area contributed by atoms with E-state index in [1.165, 1.54) is 4.31 Å². The number of benzene rings is 2. The van der Waals surface area contributed by atoms with E-state index >= 15 is 0 Å². The maximum atomic E-state index is 13.7. The lowest BCUT2D eigenvalue weighted by Crippen LogP contribution is -2.50. The largest absolute Gasteiger partial charge is 0.483 e. The van der Waals surface area contributed by atoms with Crippen LogP contribution < -0.4 is 14.9 Å². The second-order valence-corrected chi connectivity index (χ2v) is 12.9. The number of nitrogens with one attached hydrogen (secondary N) is 2. The molecule has 0 unspecified atom stereocenters. The van der Waals surface area contributed by atoms with Crippen LogP contribution in [0.25, 0.3) is 10.9 Å². The van der Waals surface area contributed by atoms with E-state index in [0.29, 0.717) is 37.2 Å². The van der Waals surface area contributed by atoms with Crippen LogP contribution in [-0.4, -0.2) is 72.6 Å². The van der Waals surface area contributed by atoms with Gasteiger partial charge < -0.3 is 25.4 Å². The summed E-state index contributed by atoms with van der Waals surface area (Å²) in [6, 6.07) is 12.8. The second kappa shape index (κ2) is 12.6. The summed E-state index contributed by atoms with van der Waals surface area (Å²) in [4.78, 5) is 22.1. The monoisotopic (exact) mass is 584 g/mol. The first-order chi connectivity index (χ1) is 19.6. The summed E-state index contributed by atoms with van der Waals surface area (Å²) in [6.45, 7) is 5.02. The van der Waals surface area contributed by atoms with Gasteiger partial charge in [0.1, 0.15) is 0 Å². The predicted molar refractivity (Wildman–Crippen MR) is 160 cm³/mol. The number of aliphatic hydroxyl groups is 1. The second-order valence-electron chi connectivity index (χ2n) is 10.8. The number of β-amino-alcohol motifs (C(OH)–C–C–N with tert-alkyl or cyclic N) is 1. The Morgan fingerprint density at radius 3 is 2.46 bits per heavy atom. The molecule has 4 N–H and O–H groups in total. The summed E-state index contributed by atoms with van der Waals surface area (Å²) in [5.41, 5.74) is 3.84. The van der Waals surface area contributed by atoms with Crippen LogP contribution in [0, 0.1) is 0 Å². The summed E-state index contributed by atoms with van der Waals surface area (Å²) in [6.07, 6.45) is 5.34. The lowest BCUT2D eigenvalue weighted by atomic mass is 9.99. The van der Waals surface area contributed by atoms with Crippen LogP contribution in [0.15, 0.2) is 48.7 Å². The van der Waals surface area contributed by atoms with Gasteiger partial charge in [0.2, 0.25) is 10.0 Å². The number of nitrogens with zero attached hydrogens (tertiary/aromatic N) is 2. The molecule has 0 radical (unpaired) electrons. The fourth-order valence-corrected chi connectivity index (χ4v) is 6.71. The Morgan fingerprint density at radius 2 is 1.85 bits per heavy atom. The first-order valence-electron chi connectivity index (χ1n) is 14.1. The number of anilines is 1. The Balaban J connectivity index is 0.00000124. The Morgan fingerprint density at radius 1 is 1.17 bits per heavy atom. The molecule has 1 fully saturated rings. The van der Waals surface area contributed by atoms with E-state index in [4.69, 9.17) is 9.90 Å². The van der Waals surface area contributed by atoms with Crippen molar-refractivity contribution in [1.29, 1.82) is 0 Å². The summed E-state index contributed by atoms with van der Waals surface area (Å²) < 4.78 is 29.1. The van der Waals surface area contributed by atoms with Gasteiger partial charge in [-0.15, -0.1) is 0 Å². The molecular formula is C30H40N4O6S. The van der Waals surface area contributed by atoms with Crippen molar-refractivity contribution in [3.05, 3.63) is 65.4 Å². The van der Waals surface area contributed by atoms with Gasteiger partial charge in [0, 0.05) is 42.8 Å². The number of carbonyl (C=O) groups is 2. The van der Waals surface area contributed by atoms with Crippen molar-refractivity contribution in [2.45, 2.75) is 70.2 Å². The molecule has 2 atom stereocenters. The third-order valence-electron chi connectivity index (χ3n) is 8.32. The topological polar surface area (TPSA) is 141 Å². The minimum absolute atomic E-state index is 0.0279. The number of sulfonamides is 1. The zero-order chi connectivity index (χ0) is 29.8. The van der Waals surface area contributed by atoms with E-state index in [1.54, 1.807) is 13.1 Å². The van der Waals surface area contributed by atoms with Crippen molar-refractivity contribution in [1.82, 2.24) is 15.2 Å². The summed E-state index contributed by atoms with van der Waals surface area (Å²) in [5.74, 6) is -0.305. The van der Waals surface area contributed by atoms with Crippen LogP contribution in [0.5, 0.6) is 0 Å². The van der Waals surface area contributed by atoms with Crippen molar-refractivity contribution in [3.8, 4) is 0 Å². The fourth-order valence-electron chi connectivity index (χ4n) is 5.52. The molecule has 11 heteroatoms. The number of hydrogen-bond acceptors (Lipinski definition) is 6. The fraction of sp³-hybridized carbons (Fsp3) is 0.467. The molecule has 0 spiro atoms. The van der Waals surface area contributed by atoms with Gasteiger partial charge in [-0.3, -0.25) is 13.9 Å². The van der Waals surface area contributed by atoms with Crippen molar-refractivity contribution in [3.63, 3.8) is 0 Å². The van der Waals surface area contributed by atoms with Gasteiger partial charge in [-0.1, -0.05) is 37.3 Å². The predicted octanol–water partition coefficient (Wildman–Crippen LogP) is 2.92. The molecule has 0 saturated heterocycles. The SMILES string of the molecule is CCn1cc2c3c(cc(C(=O)N[C@@H](Cc4ccccc4)[C@H](O)CNC4(CC)CC4)cc31)N(C)S(=O)(=O)CC2.O=CO. The van der Waals surface area contributed by atoms with Crippen molar-refractivity contribution in [2.24, 2.45) is 0 Å². The summed E-state index contributed by atoms with van der Waals surface area (Å²) in [7, 11) is -1.94. The van der Waals surface area contributed by atoms with E-state index in [2.05, 4.69) is 22.1 Å². The minimum atomic E-state index is -3.49. The average Bonchev–Trinajstić information content (AvgIpc) is 3.68. The lowest BCUT2D eigenvalue weighted by molar-refractivity contribution is -0.122. The Labute approximate surface area is 241 Å². The smallest absolute Gasteiger partial charge is 0.290 e. The molecule has 1 aliphatic carbocycles. The molecule has 2 aliphatic rings. The Hall–Kier alpha value is -3.41. The van der Waals surface area contributed by atoms with E-state index < -0.39 is 22.2 Å². The molecule has 222 valence electrons. The highest BCUT2D eigenvalue weighted by molar-refractivity contribution is 7.92. The molecule has 3 aromatic rings. The Bertz CT molecular complexity index is 1480. The number of rotatable bonds is 10. The lowest BCUT2D eigenvalue weighted by Gasteiger charge is -2.27. The Kier molecular flexibility index (Phi) is 9.41. The first kappa shape index (κ1) is 30.5. The molecule has 2 aromatic carbocycles. The quantitative estimate of drug-likeness (QED) is 0.269. The zero-order valence-corrected chi connectivity index (χ0v) is 24.7. The number of carboxylic acid groups (broad SMARTS) is 1. The maximum absolute atomic E-state index is 13.7. The van der Waals surface area contributed by atoms with E-state index in [9.17, 15) is 18.3 Å². The van der Waals surface area contributed by atoms with Crippen molar-refractivity contribution >= 4 is 39.0 Å². The highest BCUT2D eigenvalue weighted by Crippen LogP contribution is 2.38. The molecule has 1 aromatic heterocycles. The molecule has 41 heavy (non-hydrogen) atoms. The van der Waals surface area contributed by atoms with Gasteiger partial charge in [-0.05, 0) is 62.3 Å². The third-order valence-corrected chi connectivity index (χ3v) is 10.1. The maximum Gasteiger partial charge on any atom is 0.290 e. The van der Waals surface area contributed by atoms with Gasteiger partial charge in [0.15, 0.2) is 0 Å². The highest BCUT2D eigenvalue weighted by atomic mass is 32.2.